The zero-order chi connectivity index (χ0) is 17.5. The van der Waals surface area contributed by atoms with Crippen LogP contribution in [0.25, 0.3) is 0 Å². The molecule has 2 aromatic rings. The highest BCUT2D eigenvalue weighted by Gasteiger charge is 2.13. The molecule has 7 heteroatoms. The molecule has 1 heterocycles. The Bertz CT molecular complexity index is 732. The van der Waals surface area contributed by atoms with Crippen LogP contribution in [0.5, 0.6) is 17.2 Å². The molecule has 132 valence electrons. The first kappa shape index (κ1) is 16.9. The third kappa shape index (κ3) is 4.77. The maximum atomic E-state index is 9.32. The molecule has 0 saturated heterocycles. The highest BCUT2D eigenvalue weighted by atomic mass is 16.7. The highest BCUT2D eigenvalue weighted by molar-refractivity contribution is 5.94. The molecular formula is C18H22N4O3. The second kappa shape index (κ2) is 8.25. The van der Waals surface area contributed by atoms with Crippen molar-refractivity contribution < 1.29 is 14.6 Å². The van der Waals surface area contributed by atoms with Crippen molar-refractivity contribution in [3.05, 3.63) is 48.0 Å². The van der Waals surface area contributed by atoms with E-state index in [4.69, 9.17) is 15.2 Å². The molecule has 0 aromatic heterocycles. The Balaban J connectivity index is 1.58. The molecule has 1 aliphatic heterocycles. The molecule has 5 N–H and O–H groups in total. The van der Waals surface area contributed by atoms with Crippen LogP contribution in [0.1, 0.15) is 5.56 Å². The Morgan fingerprint density at radius 2 is 1.92 bits per heavy atom. The first-order chi connectivity index (χ1) is 12.2. The third-order valence-corrected chi connectivity index (χ3v) is 3.68. The summed E-state index contributed by atoms with van der Waals surface area (Å²) >= 11 is 0. The number of fused-ring (bicyclic) bond motifs is 1. The van der Waals surface area contributed by atoms with Gasteiger partial charge in [-0.15, -0.1) is 0 Å². The molecule has 25 heavy (non-hydrogen) atoms. The molecule has 0 spiro atoms. The van der Waals surface area contributed by atoms with Gasteiger partial charge in [0.15, 0.2) is 17.5 Å². The molecule has 0 amide bonds. The predicted octanol–water partition coefficient (Wildman–Crippen LogP) is 1.68. The number of nitrogens with one attached hydrogen (secondary N) is 2. The van der Waals surface area contributed by atoms with E-state index in [0.29, 0.717) is 31.3 Å². The molecule has 7 nitrogen and oxygen atoms in total. The van der Waals surface area contributed by atoms with Crippen molar-refractivity contribution in [1.82, 2.24) is 5.32 Å². The minimum absolute atomic E-state index is 0.248. The Hall–Kier alpha value is -2.93. The maximum Gasteiger partial charge on any atom is 0.231 e. The molecule has 0 unspecified atom stereocenters. The van der Waals surface area contributed by atoms with Crippen LogP contribution in [0, 0.1) is 0 Å². The van der Waals surface area contributed by atoms with Gasteiger partial charge in [0.25, 0.3) is 0 Å². The maximum absolute atomic E-state index is 9.32. The minimum atomic E-state index is 0.248. The van der Waals surface area contributed by atoms with Crippen LogP contribution < -0.4 is 25.8 Å². The SMILES string of the molecule is NCCN=C(NCCc1ccc(O)cc1)Nc1ccc2c(c1)OCO2. The Kier molecular flexibility index (Phi) is 5.58. The second-order valence-corrected chi connectivity index (χ2v) is 5.56. The van der Waals surface area contributed by atoms with Crippen molar-refractivity contribution in [3.8, 4) is 17.2 Å². The van der Waals surface area contributed by atoms with Crippen LogP contribution >= 0.6 is 0 Å². The van der Waals surface area contributed by atoms with Gasteiger partial charge in [-0.05, 0) is 36.2 Å². The van der Waals surface area contributed by atoms with Crippen molar-refractivity contribution in [2.24, 2.45) is 10.7 Å². The van der Waals surface area contributed by atoms with E-state index in [9.17, 15) is 5.11 Å². The molecule has 2 aromatic carbocycles. The van der Waals surface area contributed by atoms with Crippen molar-refractivity contribution in [2.45, 2.75) is 6.42 Å². The third-order valence-electron chi connectivity index (χ3n) is 3.68. The van der Waals surface area contributed by atoms with E-state index in [2.05, 4.69) is 15.6 Å². The number of ether oxygens (including phenoxy) is 2. The topological polar surface area (TPSA) is 101 Å². The van der Waals surface area contributed by atoms with Gasteiger partial charge < -0.3 is 30.9 Å². The molecule has 3 rings (SSSR count). The molecule has 0 bridgehead atoms. The zero-order valence-electron chi connectivity index (χ0n) is 13.9. The van der Waals surface area contributed by atoms with Crippen molar-refractivity contribution in [2.75, 3.05) is 31.7 Å². The van der Waals surface area contributed by atoms with Crippen molar-refractivity contribution in [1.29, 1.82) is 0 Å². The van der Waals surface area contributed by atoms with E-state index in [1.807, 2.05) is 30.3 Å². The number of aromatic hydroxyl groups is 1. The van der Waals surface area contributed by atoms with Gasteiger partial charge in [0.1, 0.15) is 5.75 Å². The van der Waals surface area contributed by atoms with Crippen molar-refractivity contribution in [3.63, 3.8) is 0 Å². The van der Waals surface area contributed by atoms with Gasteiger partial charge in [0, 0.05) is 24.8 Å². The lowest BCUT2D eigenvalue weighted by molar-refractivity contribution is 0.174. The number of rotatable bonds is 6. The fraction of sp³-hybridized carbons (Fsp3) is 0.278. The summed E-state index contributed by atoms with van der Waals surface area (Å²) in [5.41, 5.74) is 7.54. The molecule has 0 aliphatic carbocycles. The average molecular weight is 342 g/mol. The lowest BCUT2D eigenvalue weighted by Gasteiger charge is -2.13. The molecule has 0 atom stereocenters. The molecule has 0 radical (unpaired) electrons. The summed E-state index contributed by atoms with van der Waals surface area (Å²) in [4.78, 5) is 4.43. The van der Waals surface area contributed by atoms with Gasteiger partial charge in [-0.1, -0.05) is 12.1 Å². The summed E-state index contributed by atoms with van der Waals surface area (Å²) in [6.45, 7) is 1.95. The largest absolute Gasteiger partial charge is 0.508 e. The number of phenolic OH excluding ortho intramolecular Hbond substituents is 1. The molecular weight excluding hydrogens is 320 g/mol. The Morgan fingerprint density at radius 1 is 1.12 bits per heavy atom. The van der Waals surface area contributed by atoms with Gasteiger partial charge in [-0.25, -0.2) is 0 Å². The number of aliphatic imine (C=N–C) groups is 1. The van der Waals surface area contributed by atoms with Crippen molar-refractivity contribution >= 4 is 11.6 Å². The number of nitrogens with zero attached hydrogens (tertiary/aromatic N) is 1. The number of hydrogen-bond donors (Lipinski definition) is 4. The average Bonchev–Trinajstić information content (AvgIpc) is 3.09. The number of anilines is 1. The quantitative estimate of drug-likeness (QED) is 0.471. The van der Waals surface area contributed by atoms with Gasteiger partial charge >= 0.3 is 0 Å². The van der Waals surface area contributed by atoms with E-state index in [1.54, 1.807) is 12.1 Å². The number of benzene rings is 2. The van der Waals surface area contributed by atoms with Crippen LogP contribution in [0.2, 0.25) is 0 Å². The van der Waals surface area contributed by atoms with Gasteiger partial charge in [-0.3, -0.25) is 4.99 Å². The standard InChI is InChI=1S/C18H22N4O3/c19-8-10-21-18(20-9-7-13-1-4-15(23)5-2-13)22-14-3-6-16-17(11-14)25-12-24-16/h1-6,11,23H,7-10,12,19H2,(H2,20,21,22). The van der Waals surface area contributed by atoms with Crippen LogP contribution in [-0.2, 0) is 6.42 Å². The normalized spacial score (nSPS) is 12.9. The summed E-state index contributed by atoms with van der Waals surface area (Å²) in [6.07, 6.45) is 0.810. The minimum Gasteiger partial charge on any atom is -0.508 e. The van der Waals surface area contributed by atoms with Crippen LogP contribution in [0.15, 0.2) is 47.5 Å². The summed E-state index contributed by atoms with van der Waals surface area (Å²) < 4.78 is 10.7. The first-order valence-electron chi connectivity index (χ1n) is 8.17. The van der Waals surface area contributed by atoms with Gasteiger partial charge in [0.05, 0.1) is 6.54 Å². The van der Waals surface area contributed by atoms with E-state index in [-0.39, 0.29) is 12.5 Å². The molecule has 1 aliphatic rings. The summed E-state index contributed by atoms with van der Waals surface area (Å²) in [5.74, 6) is 2.38. The number of nitrogens with two attached hydrogens (primary N) is 1. The second-order valence-electron chi connectivity index (χ2n) is 5.56. The fourth-order valence-electron chi connectivity index (χ4n) is 2.41. The number of guanidine groups is 1. The lowest BCUT2D eigenvalue weighted by atomic mass is 10.1. The monoisotopic (exact) mass is 342 g/mol. The fourth-order valence-corrected chi connectivity index (χ4v) is 2.41. The zero-order valence-corrected chi connectivity index (χ0v) is 13.9. The van der Waals surface area contributed by atoms with Crippen LogP contribution in [-0.4, -0.2) is 37.5 Å². The molecule has 0 fully saturated rings. The smallest absolute Gasteiger partial charge is 0.231 e. The van der Waals surface area contributed by atoms with Crippen LogP contribution in [0.3, 0.4) is 0 Å². The summed E-state index contributed by atoms with van der Waals surface area (Å²) in [6, 6.07) is 12.8. The van der Waals surface area contributed by atoms with Gasteiger partial charge in [-0.2, -0.15) is 0 Å². The van der Waals surface area contributed by atoms with Crippen LogP contribution in [0.4, 0.5) is 5.69 Å². The van der Waals surface area contributed by atoms with E-state index in [0.717, 1.165) is 23.4 Å². The van der Waals surface area contributed by atoms with E-state index < -0.39 is 0 Å². The van der Waals surface area contributed by atoms with E-state index in [1.165, 1.54) is 0 Å². The Labute approximate surface area is 146 Å². The molecule has 0 saturated carbocycles. The lowest BCUT2D eigenvalue weighted by Crippen LogP contribution is -2.33. The first-order valence-corrected chi connectivity index (χ1v) is 8.17. The predicted molar refractivity (Wildman–Crippen MR) is 97.4 cm³/mol. The Morgan fingerprint density at radius 3 is 2.72 bits per heavy atom. The van der Waals surface area contributed by atoms with Gasteiger partial charge in [0.2, 0.25) is 6.79 Å². The van der Waals surface area contributed by atoms with E-state index >= 15 is 0 Å². The number of phenols is 1. The summed E-state index contributed by atoms with van der Waals surface area (Å²) in [5, 5.41) is 15.9. The number of hydrogen-bond acceptors (Lipinski definition) is 5. The summed E-state index contributed by atoms with van der Waals surface area (Å²) in [7, 11) is 0. The highest BCUT2D eigenvalue weighted by Crippen LogP contribution is 2.34.